The van der Waals surface area contributed by atoms with Gasteiger partial charge in [0.05, 0.1) is 0 Å². The molecular weight excluding hydrogens is 242 g/mol. The fourth-order valence-electron chi connectivity index (χ4n) is 1.74. The van der Waals surface area contributed by atoms with Crippen LogP contribution in [0.2, 0.25) is 0 Å². The number of pyridine rings is 2. The summed E-state index contributed by atoms with van der Waals surface area (Å²) in [6, 6.07) is 10.3. The van der Waals surface area contributed by atoms with Gasteiger partial charge in [-0.3, -0.25) is 0 Å². The summed E-state index contributed by atoms with van der Waals surface area (Å²) in [5.41, 5.74) is 1.22. The first-order valence-corrected chi connectivity index (χ1v) is 6.90. The highest BCUT2D eigenvalue weighted by Gasteiger charge is 2.11. The first-order chi connectivity index (χ1) is 8.81. The minimum atomic E-state index is 0.301. The van der Waals surface area contributed by atoms with Gasteiger partial charge in [0.1, 0.15) is 10.1 Å². The molecular formula is C14H17N3S. The maximum atomic E-state index is 4.46. The Morgan fingerprint density at radius 3 is 2.72 bits per heavy atom. The van der Waals surface area contributed by atoms with Crippen molar-refractivity contribution in [1.29, 1.82) is 0 Å². The summed E-state index contributed by atoms with van der Waals surface area (Å²) < 4.78 is 0. The van der Waals surface area contributed by atoms with Crippen LogP contribution in [0.4, 0.5) is 0 Å². The smallest absolute Gasteiger partial charge is 0.107 e. The van der Waals surface area contributed by atoms with Gasteiger partial charge in [0, 0.05) is 24.0 Å². The first kappa shape index (κ1) is 13.1. The maximum absolute atomic E-state index is 4.46. The number of nitrogens with zero attached hydrogens (tertiary/aromatic N) is 2. The number of hydrogen-bond donors (Lipinski definition) is 1. The molecule has 94 valence electrons. The molecule has 0 aliphatic carbocycles. The molecule has 1 unspecified atom stereocenters. The molecule has 0 aliphatic rings. The summed E-state index contributed by atoms with van der Waals surface area (Å²) in [5.74, 6) is 0. The van der Waals surface area contributed by atoms with Crippen molar-refractivity contribution in [2.45, 2.75) is 29.9 Å². The molecule has 3 nitrogen and oxygen atoms in total. The topological polar surface area (TPSA) is 37.8 Å². The van der Waals surface area contributed by atoms with Crippen LogP contribution in [0.3, 0.4) is 0 Å². The SMILES string of the molecule is CCNC(C)c1cccnc1Sc1ccccn1. The van der Waals surface area contributed by atoms with E-state index in [0.29, 0.717) is 6.04 Å². The van der Waals surface area contributed by atoms with Crippen molar-refractivity contribution >= 4 is 11.8 Å². The summed E-state index contributed by atoms with van der Waals surface area (Å²) in [4.78, 5) is 8.78. The third-order valence-corrected chi connectivity index (χ3v) is 3.60. The zero-order valence-corrected chi connectivity index (χ0v) is 11.4. The molecule has 2 aromatic rings. The highest BCUT2D eigenvalue weighted by atomic mass is 32.2. The van der Waals surface area contributed by atoms with Crippen LogP contribution < -0.4 is 5.32 Å². The van der Waals surface area contributed by atoms with E-state index in [1.165, 1.54) is 5.56 Å². The summed E-state index contributed by atoms with van der Waals surface area (Å²) in [6.45, 7) is 5.21. The van der Waals surface area contributed by atoms with Gasteiger partial charge in [0.25, 0.3) is 0 Å². The Balaban J connectivity index is 2.22. The van der Waals surface area contributed by atoms with Crippen LogP contribution in [0.5, 0.6) is 0 Å². The lowest BCUT2D eigenvalue weighted by Gasteiger charge is -2.15. The number of hydrogen-bond acceptors (Lipinski definition) is 4. The van der Waals surface area contributed by atoms with Crippen LogP contribution in [-0.2, 0) is 0 Å². The fourth-order valence-corrected chi connectivity index (χ4v) is 2.68. The van der Waals surface area contributed by atoms with E-state index >= 15 is 0 Å². The Labute approximate surface area is 112 Å². The van der Waals surface area contributed by atoms with Crippen molar-refractivity contribution in [3.05, 3.63) is 48.3 Å². The standard InChI is InChI=1S/C14H17N3S/c1-3-15-11(2)12-7-6-10-17-14(12)18-13-8-4-5-9-16-13/h4-11,15H,3H2,1-2H3. The average molecular weight is 259 g/mol. The normalized spacial score (nSPS) is 12.3. The lowest BCUT2D eigenvalue weighted by molar-refractivity contribution is 0.585. The Morgan fingerprint density at radius 1 is 1.17 bits per heavy atom. The van der Waals surface area contributed by atoms with E-state index in [4.69, 9.17) is 0 Å². The summed E-state index contributed by atoms with van der Waals surface area (Å²) in [6.07, 6.45) is 3.63. The van der Waals surface area contributed by atoms with Crippen molar-refractivity contribution in [3.63, 3.8) is 0 Å². The molecule has 0 saturated heterocycles. The molecule has 1 atom stereocenters. The van der Waals surface area contributed by atoms with Crippen molar-refractivity contribution in [2.24, 2.45) is 0 Å². The van der Waals surface area contributed by atoms with Gasteiger partial charge in [0.15, 0.2) is 0 Å². The third kappa shape index (κ3) is 3.31. The highest BCUT2D eigenvalue weighted by molar-refractivity contribution is 7.99. The molecule has 0 bridgehead atoms. The van der Waals surface area contributed by atoms with E-state index in [9.17, 15) is 0 Å². The van der Waals surface area contributed by atoms with Crippen LogP contribution in [0.15, 0.2) is 52.8 Å². The quantitative estimate of drug-likeness (QED) is 0.894. The molecule has 2 heterocycles. The van der Waals surface area contributed by atoms with Gasteiger partial charge in [-0.05, 0) is 43.4 Å². The Kier molecular flexibility index (Phi) is 4.73. The second-order valence-corrected chi connectivity index (χ2v) is 4.96. The minimum absolute atomic E-state index is 0.301. The molecule has 2 rings (SSSR count). The fraction of sp³-hybridized carbons (Fsp3) is 0.286. The molecule has 0 fully saturated rings. The van der Waals surface area contributed by atoms with E-state index < -0.39 is 0 Å². The number of aromatic nitrogens is 2. The molecule has 0 amide bonds. The monoisotopic (exact) mass is 259 g/mol. The lowest BCUT2D eigenvalue weighted by atomic mass is 10.1. The molecule has 4 heteroatoms. The van der Waals surface area contributed by atoms with E-state index in [1.54, 1.807) is 18.0 Å². The van der Waals surface area contributed by atoms with Crippen LogP contribution in [0, 0.1) is 0 Å². The van der Waals surface area contributed by atoms with Crippen molar-refractivity contribution < 1.29 is 0 Å². The van der Waals surface area contributed by atoms with E-state index in [2.05, 4.69) is 35.2 Å². The van der Waals surface area contributed by atoms with Gasteiger partial charge in [-0.15, -0.1) is 0 Å². The number of rotatable bonds is 5. The second-order valence-electron chi connectivity index (χ2n) is 3.95. The largest absolute Gasteiger partial charge is 0.310 e. The molecule has 18 heavy (non-hydrogen) atoms. The third-order valence-electron chi connectivity index (χ3n) is 2.62. The van der Waals surface area contributed by atoms with Crippen LogP contribution in [-0.4, -0.2) is 16.5 Å². The zero-order chi connectivity index (χ0) is 12.8. The molecule has 0 spiro atoms. The Bertz CT molecular complexity index is 487. The maximum Gasteiger partial charge on any atom is 0.107 e. The van der Waals surface area contributed by atoms with Gasteiger partial charge in [-0.1, -0.05) is 19.1 Å². The van der Waals surface area contributed by atoms with Crippen molar-refractivity contribution in [3.8, 4) is 0 Å². The minimum Gasteiger partial charge on any atom is -0.310 e. The van der Waals surface area contributed by atoms with E-state index in [0.717, 1.165) is 16.6 Å². The Morgan fingerprint density at radius 2 is 2.00 bits per heavy atom. The van der Waals surface area contributed by atoms with Gasteiger partial charge in [-0.2, -0.15) is 0 Å². The van der Waals surface area contributed by atoms with E-state index in [1.807, 2.05) is 30.5 Å². The van der Waals surface area contributed by atoms with Gasteiger partial charge < -0.3 is 5.32 Å². The first-order valence-electron chi connectivity index (χ1n) is 6.08. The predicted molar refractivity (Wildman–Crippen MR) is 74.7 cm³/mol. The Hall–Kier alpha value is -1.39. The summed E-state index contributed by atoms with van der Waals surface area (Å²) in [5, 5.41) is 5.41. The summed E-state index contributed by atoms with van der Waals surface area (Å²) >= 11 is 1.61. The van der Waals surface area contributed by atoms with Gasteiger partial charge >= 0.3 is 0 Å². The molecule has 2 aromatic heterocycles. The van der Waals surface area contributed by atoms with Crippen molar-refractivity contribution in [1.82, 2.24) is 15.3 Å². The zero-order valence-electron chi connectivity index (χ0n) is 10.6. The highest BCUT2D eigenvalue weighted by Crippen LogP contribution is 2.29. The molecule has 0 saturated carbocycles. The van der Waals surface area contributed by atoms with Gasteiger partial charge in [-0.25, -0.2) is 9.97 Å². The van der Waals surface area contributed by atoms with Crippen LogP contribution in [0.1, 0.15) is 25.5 Å². The number of nitrogens with one attached hydrogen (secondary N) is 1. The van der Waals surface area contributed by atoms with E-state index in [-0.39, 0.29) is 0 Å². The van der Waals surface area contributed by atoms with Crippen LogP contribution >= 0.6 is 11.8 Å². The molecule has 0 aliphatic heterocycles. The second kappa shape index (κ2) is 6.52. The lowest BCUT2D eigenvalue weighted by Crippen LogP contribution is -2.18. The van der Waals surface area contributed by atoms with Gasteiger partial charge in [0.2, 0.25) is 0 Å². The van der Waals surface area contributed by atoms with Crippen LogP contribution in [0.25, 0.3) is 0 Å². The molecule has 1 N–H and O–H groups in total. The average Bonchev–Trinajstić information content (AvgIpc) is 2.41. The molecule has 0 aromatic carbocycles. The summed E-state index contributed by atoms with van der Waals surface area (Å²) in [7, 11) is 0. The molecule has 0 radical (unpaired) electrons. The predicted octanol–water partition coefficient (Wildman–Crippen LogP) is 3.30. The van der Waals surface area contributed by atoms with Crippen molar-refractivity contribution in [2.75, 3.05) is 6.54 Å².